The van der Waals surface area contributed by atoms with E-state index in [9.17, 15) is 10.1 Å². The van der Waals surface area contributed by atoms with Gasteiger partial charge in [-0.2, -0.15) is 4.98 Å². The molecule has 0 bridgehead atoms. The maximum atomic E-state index is 11.0. The van der Waals surface area contributed by atoms with Gasteiger partial charge in [0.15, 0.2) is 0 Å². The molecular formula is C12H11IN4O3. The molecule has 0 aliphatic rings. The van der Waals surface area contributed by atoms with Crippen molar-refractivity contribution in [3.8, 4) is 11.6 Å². The van der Waals surface area contributed by atoms with Crippen LogP contribution >= 0.6 is 22.6 Å². The van der Waals surface area contributed by atoms with Gasteiger partial charge in [0.25, 0.3) is 0 Å². The molecule has 0 aliphatic carbocycles. The van der Waals surface area contributed by atoms with Gasteiger partial charge in [0, 0.05) is 10.1 Å². The van der Waals surface area contributed by atoms with E-state index in [1.807, 2.05) is 13.0 Å². The predicted molar refractivity (Wildman–Crippen MR) is 82.1 cm³/mol. The van der Waals surface area contributed by atoms with Crippen molar-refractivity contribution in [3.05, 3.63) is 44.1 Å². The number of benzene rings is 1. The number of anilines is 1. The minimum atomic E-state index is -0.570. The van der Waals surface area contributed by atoms with Gasteiger partial charge >= 0.3 is 11.6 Å². The first-order chi connectivity index (χ1) is 9.60. The Morgan fingerprint density at radius 2 is 2.30 bits per heavy atom. The molecule has 1 aromatic carbocycles. The molecule has 1 aromatic heterocycles. The predicted octanol–water partition coefficient (Wildman–Crippen LogP) is 3.21. The number of hydrogen-bond acceptors (Lipinski definition) is 6. The Kier molecular flexibility index (Phi) is 4.66. The smallest absolute Gasteiger partial charge is 0.349 e. The monoisotopic (exact) mass is 386 g/mol. The first-order valence-corrected chi connectivity index (χ1v) is 6.86. The largest absolute Gasteiger partial charge is 0.434 e. The quantitative estimate of drug-likeness (QED) is 0.482. The molecule has 0 atom stereocenters. The number of ether oxygens (including phenoxy) is 1. The summed E-state index contributed by atoms with van der Waals surface area (Å²) < 4.78 is 6.46. The standard InChI is InChI=1S/C12H11IN4O3/c1-2-14-12-15-7-10(17(18)19)11(16-12)20-9-5-3-4-8(13)6-9/h3-7H,2H2,1H3,(H,14,15,16). The molecule has 0 fully saturated rings. The van der Waals surface area contributed by atoms with Crippen molar-refractivity contribution < 1.29 is 9.66 Å². The SMILES string of the molecule is CCNc1ncc([N+](=O)[O-])c(Oc2cccc(I)c2)n1. The fraction of sp³-hybridized carbons (Fsp3) is 0.167. The van der Waals surface area contributed by atoms with E-state index >= 15 is 0 Å². The Morgan fingerprint density at radius 1 is 1.50 bits per heavy atom. The van der Waals surface area contributed by atoms with Gasteiger partial charge in [-0.1, -0.05) is 6.07 Å². The van der Waals surface area contributed by atoms with Gasteiger partial charge in [0.05, 0.1) is 4.92 Å². The Bertz CT molecular complexity index is 636. The summed E-state index contributed by atoms with van der Waals surface area (Å²) in [5.74, 6) is 0.697. The van der Waals surface area contributed by atoms with E-state index < -0.39 is 4.92 Å². The number of hydrogen-bond donors (Lipinski definition) is 1. The summed E-state index contributed by atoms with van der Waals surface area (Å²) in [6.07, 6.45) is 1.13. The molecule has 2 rings (SSSR count). The van der Waals surface area contributed by atoms with Crippen molar-refractivity contribution in [2.75, 3.05) is 11.9 Å². The van der Waals surface area contributed by atoms with Crippen LogP contribution in [0.15, 0.2) is 30.5 Å². The van der Waals surface area contributed by atoms with E-state index in [0.29, 0.717) is 18.2 Å². The normalized spacial score (nSPS) is 10.1. The lowest BCUT2D eigenvalue weighted by atomic mass is 10.3. The first-order valence-electron chi connectivity index (χ1n) is 5.79. The Hall–Kier alpha value is -1.97. The van der Waals surface area contributed by atoms with Crippen LogP contribution in [0.2, 0.25) is 0 Å². The summed E-state index contributed by atoms with van der Waals surface area (Å²) in [6.45, 7) is 2.49. The molecule has 1 N–H and O–H groups in total. The lowest BCUT2D eigenvalue weighted by Gasteiger charge is -2.07. The molecule has 0 saturated heterocycles. The van der Waals surface area contributed by atoms with Gasteiger partial charge in [-0.25, -0.2) is 4.98 Å². The van der Waals surface area contributed by atoms with Gasteiger partial charge < -0.3 is 10.1 Å². The lowest BCUT2D eigenvalue weighted by molar-refractivity contribution is -0.386. The Morgan fingerprint density at radius 3 is 2.95 bits per heavy atom. The van der Waals surface area contributed by atoms with Crippen molar-refractivity contribution >= 4 is 34.2 Å². The van der Waals surface area contributed by atoms with Gasteiger partial charge in [0.1, 0.15) is 11.9 Å². The number of rotatable bonds is 5. The van der Waals surface area contributed by atoms with Crippen molar-refractivity contribution in [3.63, 3.8) is 0 Å². The number of nitrogens with zero attached hydrogens (tertiary/aromatic N) is 3. The van der Waals surface area contributed by atoms with E-state index in [-0.39, 0.29) is 11.6 Å². The topological polar surface area (TPSA) is 90.2 Å². The maximum Gasteiger partial charge on any atom is 0.349 e. The average molecular weight is 386 g/mol. The van der Waals surface area contributed by atoms with E-state index in [1.54, 1.807) is 18.2 Å². The van der Waals surface area contributed by atoms with Crippen LogP contribution in [-0.2, 0) is 0 Å². The number of aromatic nitrogens is 2. The van der Waals surface area contributed by atoms with Crippen LogP contribution in [0.5, 0.6) is 11.6 Å². The zero-order valence-corrected chi connectivity index (χ0v) is 12.7. The third-order valence-corrected chi connectivity index (χ3v) is 2.95. The maximum absolute atomic E-state index is 11.0. The molecular weight excluding hydrogens is 375 g/mol. The van der Waals surface area contributed by atoms with Gasteiger partial charge in [-0.3, -0.25) is 10.1 Å². The highest BCUT2D eigenvalue weighted by molar-refractivity contribution is 14.1. The molecule has 0 radical (unpaired) electrons. The highest BCUT2D eigenvalue weighted by Gasteiger charge is 2.19. The van der Waals surface area contributed by atoms with E-state index in [0.717, 1.165) is 9.77 Å². The molecule has 7 nitrogen and oxygen atoms in total. The fourth-order valence-corrected chi connectivity index (χ4v) is 1.96. The lowest BCUT2D eigenvalue weighted by Crippen LogP contribution is -2.05. The summed E-state index contributed by atoms with van der Waals surface area (Å²) in [5, 5.41) is 13.9. The first kappa shape index (κ1) is 14.4. The summed E-state index contributed by atoms with van der Waals surface area (Å²) >= 11 is 2.13. The second-order valence-corrected chi connectivity index (χ2v) is 4.98. The average Bonchev–Trinajstić information content (AvgIpc) is 2.39. The number of halogens is 1. The Labute approximate surface area is 128 Å². The third kappa shape index (κ3) is 3.53. The summed E-state index contributed by atoms with van der Waals surface area (Å²) in [5.41, 5.74) is -0.273. The van der Waals surface area contributed by atoms with Crippen molar-refractivity contribution in [2.45, 2.75) is 6.92 Å². The molecule has 0 unspecified atom stereocenters. The fourth-order valence-electron chi connectivity index (χ4n) is 1.45. The second-order valence-electron chi connectivity index (χ2n) is 3.73. The van der Waals surface area contributed by atoms with Crippen molar-refractivity contribution in [1.82, 2.24) is 9.97 Å². The molecule has 0 saturated carbocycles. The van der Waals surface area contributed by atoms with Crippen LogP contribution in [0.25, 0.3) is 0 Å². The minimum absolute atomic E-state index is 0.0806. The van der Waals surface area contributed by atoms with Crippen LogP contribution < -0.4 is 10.1 Å². The molecule has 0 spiro atoms. The van der Waals surface area contributed by atoms with Crippen molar-refractivity contribution in [1.29, 1.82) is 0 Å². The zero-order chi connectivity index (χ0) is 14.5. The van der Waals surface area contributed by atoms with Crippen LogP contribution in [-0.4, -0.2) is 21.4 Å². The molecule has 104 valence electrons. The molecule has 1 heterocycles. The highest BCUT2D eigenvalue weighted by Crippen LogP contribution is 2.29. The second kappa shape index (κ2) is 6.46. The van der Waals surface area contributed by atoms with Crippen LogP contribution in [0.3, 0.4) is 0 Å². The zero-order valence-electron chi connectivity index (χ0n) is 10.5. The molecule has 2 aromatic rings. The highest BCUT2D eigenvalue weighted by atomic mass is 127. The van der Waals surface area contributed by atoms with E-state index in [1.165, 1.54) is 0 Å². The third-order valence-electron chi connectivity index (χ3n) is 2.28. The van der Waals surface area contributed by atoms with Crippen molar-refractivity contribution in [2.24, 2.45) is 0 Å². The van der Waals surface area contributed by atoms with Gasteiger partial charge in [-0.05, 0) is 47.7 Å². The summed E-state index contributed by atoms with van der Waals surface area (Å²) in [4.78, 5) is 18.3. The molecule has 20 heavy (non-hydrogen) atoms. The summed E-state index contributed by atoms with van der Waals surface area (Å²) in [7, 11) is 0. The van der Waals surface area contributed by atoms with Crippen LogP contribution in [0, 0.1) is 13.7 Å². The van der Waals surface area contributed by atoms with Gasteiger partial charge in [0.2, 0.25) is 5.95 Å². The van der Waals surface area contributed by atoms with Gasteiger partial charge in [-0.15, -0.1) is 0 Å². The number of nitro groups is 1. The summed E-state index contributed by atoms with van der Waals surface area (Å²) in [6, 6.07) is 7.17. The van der Waals surface area contributed by atoms with Crippen LogP contribution in [0.1, 0.15) is 6.92 Å². The van der Waals surface area contributed by atoms with Crippen LogP contribution in [0.4, 0.5) is 11.6 Å². The minimum Gasteiger partial charge on any atom is -0.434 e. The molecule has 0 aliphatic heterocycles. The molecule has 8 heteroatoms. The Balaban J connectivity index is 2.36. The number of nitrogens with one attached hydrogen (secondary N) is 1. The molecule has 0 amide bonds. The van der Waals surface area contributed by atoms with E-state index in [4.69, 9.17) is 4.74 Å². The van der Waals surface area contributed by atoms with E-state index in [2.05, 4.69) is 37.9 Å².